The van der Waals surface area contributed by atoms with E-state index < -0.39 is 5.82 Å². The van der Waals surface area contributed by atoms with Crippen molar-refractivity contribution in [1.82, 2.24) is 5.32 Å². The maximum atomic E-state index is 13.3. The van der Waals surface area contributed by atoms with Crippen molar-refractivity contribution < 1.29 is 9.18 Å². The van der Waals surface area contributed by atoms with Crippen LogP contribution in [-0.4, -0.2) is 12.5 Å². The van der Waals surface area contributed by atoms with Crippen LogP contribution in [0.5, 0.6) is 0 Å². The fourth-order valence-corrected chi connectivity index (χ4v) is 2.21. The van der Waals surface area contributed by atoms with E-state index in [9.17, 15) is 9.18 Å². The lowest BCUT2D eigenvalue weighted by Crippen LogP contribution is -2.25. The van der Waals surface area contributed by atoms with Crippen molar-refractivity contribution in [2.75, 3.05) is 6.54 Å². The maximum absolute atomic E-state index is 13.3. The molecule has 0 aliphatic rings. The van der Waals surface area contributed by atoms with E-state index in [1.165, 1.54) is 12.1 Å². The van der Waals surface area contributed by atoms with Crippen molar-refractivity contribution in [3.63, 3.8) is 0 Å². The number of nitrogens with one attached hydrogen (secondary N) is 1. The normalized spacial score (nSPS) is 10.3. The Balaban J connectivity index is 1.90. The zero-order valence-electron chi connectivity index (χ0n) is 10.5. The third kappa shape index (κ3) is 4.05. The minimum absolute atomic E-state index is 0.293. The van der Waals surface area contributed by atoms with E-state index in [0.717, 1.165) is 5.56 Å². The summed E-state index contributed by atoms with van der Waals surface area (Å²) < 4.78 is 13.7. The topological polar surface area (TPSA) is 29.1 Å². The SMILES string of the molecule is O=C(NCCc1cccc(Cl)c1)c1ccc(Br)c(F)c1. The molecular weight excluding hydrogens is 345 g/mol. The zero-order valence-corrected chi connectivity index (χ0v) is 12.8. The predicted molar refractivity (Wildman–Crippen MR) is 81.6 cm³/mol. The minimum Gasteiger partial charge on any atom is -0.352 e. The quantitative estimate of drug-likeness (QED) is 0.873. The number of carbonyl (C=O) groups is 1. The van der Waals surface area contributed by atoms with E-state index >= 15 is 0 Å². The van der Waals surface area contributed by atoms with Crippen LogP contribution in [0.25, 0.3) is 0 Å². The van der Waals surface area contributed by atoms with Crippen molar-refractivity contribution in [3.05, 3.63) is 68.9 Å². The van der Waals surface area contributed by atoms with Crippen LogP contribution in [0.3, 0.4) is 0 Å². The van der Waals surface area contributed by atoms with Gasteiger partial charge in [0.15, 0.2) is 0 Å². The molecule has 0 saturated carbocycles. The van der Waals surface area contributed by atoms with Gasteiger partial charge in [-0.2, -0.15) is 0 Å². The number of hydrogen-bond acceptors (Lipinski definition) is 1. The van der Waals surface area contributed by atoms with E-state index in [4.69, 9.17) is 11.6 Å². The van der Waals surface area contributed by atoms with Crippen LogP contribution in [0.1, 0.15) is 15.9 Å². The molecule has 5 heteroatoms. The van der Waals surface area contributed by atoms with Crippen LogP contribution in [0, 0.1) is 5.82 Å². The first-order valence-electron chi connectivity index (χ1n) is 6.04. The van der Waals surface area contributed by atoms with Crippen molar-refractivity contribution in [2.24, 2.45) is 0 Å². The molecule has 0 unspecified atom stereocenters. The van der Waals surface area contributed by atoms with Gasteiger partial charge in [0.2, 0.25) is 0 Å². The predicted octanol–water partition coefficient (Wildman–Crippen LogP) is 4.21. The molecule has 2 nitrogen and oxygen atoms in total. The Kier molecular flexibility index (Phi) is 5.15. The van der Waals surface area contributed by atoms with Gasteiger partial charge in [0, 0.05) is 17.1 Å². The molecule has 0 bridgehead atoms. The largest absolute Gasteiger partial charge is 0.352 e. The molecule has 0 aliphatic heterocycles. The fraction of sp³-hybridized carbons (Fsp3) is 0.133. The summed E-state index contributed by atoms with van der Waals surface area (Å²) in [5, 5.41) is 3.42. The summed E-state index contributed by atoms with van der Waals surface area (Å²) in [4.78, 5) is 11.8. The van der Waals surface area contributed by atoms with Gasteiger partial charge in [-0.05, 0) is 58.2 Å². The van der Waals surface area contributed by atoms with Gasteiger partial charge in [0.05, 0.1) is 4.47 Å². The third-order valence-corrected chi connectivity index (χ3v) is 3.65. The van der Waals surface area contributed by atoms with Gasteiger partial charge >= 0.3 is 0 Å². The number of rotatable bonds is 4. The highest BCUT2D eigenvalue weighted by Crippen LogP contribution is 2.16. The van der Waals surface area contributed by atoms with Crippen molar-refractivity contribution >= 4 is 33.4 Å². The van der Waals surface area contributed by atoms with Crippen molar-refractivity contribution in [2.45, 2.75) is 6.42 Å². The molecule has 0 heterocycles. The van der Waals surface area contributed by atoms with E-state index in [2.05, 4.69) is 21.2 Å². The lowest BCUT2D eigenvalue weighted by molar-refractivity contribution is 0.0953. The summed E-state index contributed by atoms with van der Waals surface area (Å²) in [5.74, 6) is -0.745. The fourth-order valence-electron chi connectivity index (χ4n) is 1.75. The van der Waals surface area contributed by atoms with E-state index in [1.54, 1.807) is 12.1 Å². The molecule has 0 saturated heterocycles. The molecule has 1 amide bonds. The van der Waals surface area contributed by atoms with Crippen LogP contribution >= 0.6 is 27.5 Å². The Morgan fingerprint density at radius 1 is 1.25 bits per heavy atom. The van der Waals surface area contributed by atoms with Gasteiger partial charge in [-0.15, -0.1) is 0 Å². The van der Waals surface area contributed by atoms with E-state index in [1.807, 2.05) is 18.2 Å². The number of carbonyl (C=O) groups excluding carboxylic acids is 1. The van der Waals surface area contributed by atoms with Crippen LogP contribution in [0.2, 0.25) is 5.02 Å². The second kappa shape index (κ2) is 6.86. The van der Waals surface area contributed by atoms with Gasteiger partial charge in [0.25, 0.3) is 5.91 Å². The first-order valence-corrected chi connectivity index (χ1v) is 7.21. The maximum Gasteiger partial charge on any atom is 0.251 e. The van der Waals surface area contributed by atoms with Crippen molar-refractivity contribution in [1.29, 1.82) is 0 Å². The van der Waals surface area contributed by atoms with Gasteiger partial charge in [-0.3, -0.25) is 4.79 Å². The molecule has 1 N–H and O–H groups in total. The molecule has 104 valence electrons. The molecule has 2 rings (SSSR count). The summed E-state index contributed by atoms with van der Waals surface area (Å²) in [7, 11) is 0. The number of benzene rings is 2. The van der Waals surface area contributed by atoms with Crippen molar-refractivity contribution in [3.8, 4) is 0 Å². The summed E-state index contributed by atoms with van der Waals surface area (Å²) in [5.41, 5.74) is 1.34. The minimum atomic E-state index is -0.451. The summed E-state index contributed by atoms with van der Waals surface area (Å²) >= 11 is 8.93. The van der Waals surface area contributed by atoms with Gasteiger partial charge in [0.1, 0.15) is 5.82 Å². The summed E-state index contributed by atoms with van der Waals surface area (Å²) in [6.07, 6.45) is 0.672. The first kappa shape index (κ1) is 15.0. The molecule has 20 heavy (non-hydrogen) atoms. The first-order chi connectivity index (χ1) is 9.56. The summed E-state index contributed by atoms with van der Waals surface area (Å²) in [6, 6.07) is 11.8. The van der Waals surface area contributed by atoms with Gasteiger partial charge in [-0.25, -0.2) is 4.39 Å². The van der Waals surface area contributed by atoms with Gasteiger partial charge in [-0.1, -0.05) is 23.7 Å². The second-order valence-electron chi connectivity index (χ2n) is 4.26. The van der Waals surface area contributed by atoms with Crippen LogP contribution in [0.15, 0.2) is 46.9 Å². The number of halogens is 3. The number of hydrogen-bond donors (Lipinski definition) is 1. The van der Waals surface area contributed by atoms with Crippen LogP contribution in [0.4, 0.5) is 4.39 Å². The molecule has 2 aromatic rings. The molecule has 2 aromatic carbocycles. The monoisotopic (exact) mass is 355 g/mol. The highest BCUT2D eigenvalue weighted by Gasteiger charge is 2.08. The van der Waals surface area contributed by atoms with Crippen LogP contribution in [-0.2, 0) is 6.42 Å². The highest BCUT2D eigenvalue weighted by molar-refractivity contribution is 9.10. The average molecular weight is 357 g/mol. The van der Waals surface area contributed by atoms with Crippen LogP contribution < -0.4 is 5.32 Å². The Bertz CT molecular complexity index is 633. The highest BCUT2D eigenvalue weighted by atomic mass is 79.9. The zero-order chi connectivity index (χ0) is 14.5. The smallest absolute Gasteiger partial charge is 0.251 e. The molecule has 0 atom stereocenters. The lowest BCUT2D eigenvalue weighted by Gasteiger charge is -2.06. The number of amides is 1. The lowest BCUT2D eigenvalue weighted by atomic mass is 10.1. The van der Waals surface area contributed by atoms with E-state index in [-0.39, 0.29) is 5.91 Å². The molecular formula is C15H12BrClFNO. The Labute approximate surface area is 130 Å². The molecule has 0 spiro atoms. The molecule has 0 fully saturated rings. The second-order valence-corrected chi connectivity index (χ2v) is 5.56. The molecule has 0 aliphatic carbocycles. The Morgan fingerprint density at radius 3 is 2.75 bits per heavy atom. The average Bonchev–Trinajstić information content (AvgIpc) is 2.42. The van der Waals surface area contributed by atoms with E-state index in [0.29, 0.717) is 28.0 Å². The molecule has 0 aromatic heterocycles. The standard InChI is InChI=1S/C15H12BrClFNO/c16-13-5-4-11(9-14(13)18)15(20)19-7-6-10-2-1-3-12(17)8-10/h1-5,8-9H,6-7H2,(H,19,20). The molecule has 0 radical (unpaired) electrons. The van der Waals surface area contributed by atoms with Gasteiger partial charge < -0.3 is 5.32 Å². The Morgan fingerprint density at radius 2 is 2.05 bits per heavy atom. The summed E-state index contributed by atoms with van der Waals surface area (Å²) in [6.45, 7) is 0.469. The Hall–Kier alpha value is -1.39. The third-order valence-electron chi connectivity index (χ3n) is 2.77.